The van der Waals surface area contributed by atoms with E-state index < -0.39 is 0 Å². The number of thioether (sulfide) groups is 1. The highest BCUT2D eigenvalue weighted by molar-refractivity contribution is 8.00. The molecule has 1 aromatic rings. The molecule has 1 fully saturated rings. The van der Waals surface area contributed by atoms with E-state index >= 15 is 0 Å². The molecule has 0 radical (unpaired) electrons. The molecule has 19 heavy (non-hydrogen) atoms. The number of rotatable bonds is 4. The normalized spacial score (nSPS) is 23.4. The summed E-state index contributed by atoms with van der Waals surface area (Å²) in [6.07, 6.45) is 2.14. The first-order valence-electron chi connectivity index (χ1n) is 6.88. The van der Waals surface area contributed by atoms with Gasteiger partial charge in [0.25, 0.3) is 0 Å². The second kappa shape index (κ2) is 6.96. The van der Waals surface area contributed by atoms with Crippen LogP contribution in [0.5, 0.6) is 0 Å². The van der Waals surface area contributed by atoms with Crippen molar-refractivity contribution >= 4 is 17.7 Å². The van der Waals surface area contributed by atoms with Crippen molar-refractivity contribution in [2.45, 2.75) is 30.7 Å². The number of likely N-dealkylation sites (tertiary alicyclic amines) is 1. The SMILES string of the molecule is CC1CCN(C(=O)CSc2ccccc2)C(CN)C1. The fraction of sp³-hybridized carbons (Fsp3) is 0.533. The predicted octanol–water partition coefficient (Wildman–Crippen LogP) is 2.36. The summed E-state index contributed by atoms with van der Waals surface area (Å²) in [5, 5.41) is 0. The summed E-state index contributed by atoms with van der Waals surface area (Å²) in [6.45, 7) is 3.67. The van der Waals surface area contributed by atoms with E-state index in [0.717, 1.165) is 24.3 Å². The van der Waals surface area contributed by atoms with Crippen molar-refractivity contribution in [2.75, 3.05) is 18.8 Å². The van der Waals surface area contributed by atoms with Crippen LogP contribution in [0.2, 0.25) is 0 Å². The Bertz CT molecular complexity index is 410. The topological polar surface area (TPSA) is 46.3 Å². The molecule has 1 aliphatic heterocycles. The second-order valence-electron chi connectivity index (χ2n) is 5.21. The Labute approximate surface area is 119 Å². The predicted molar refractivity (Wildman–Crippen MR) is 80.1 cm³/mol. The fourth-order valence-electron chi connectivity index (χ4n) is 2.55. The number of benzene rings is 1. The van der Waals surface area contributed by atoms with E-state index in [1.165, 1.54) is 0 Å². The maximum absolute atomic E-state index is 12.3. The zero-order chi connectivity index (χ0) is 13.7. The van der Waals surface area contributed by atoms with E-state index in [4.69, 9.17) is 5.73 Å². The molecule has 1 saturated heterocycles. The summed E-state index contributed by atoms with van der Waals surface area (Å²) >= 11 is 1.60. The third-order valence-electron chi connectivity index (χ3n) is 3.68. The van der Waals surface area contributed by atoms with Gasteiger partial charge in [0.15, 0.2) is 0 Å². The van der Waals surface area contributed by atoms with Crippen molar-refractivity contribution in [3.05, 3.63) is 30.3 Å². The monoisotopic (exact) mass is 278 g/mol. The first-order chi connectivity index (χ1) is 9.20. The van der Waals surface area contributed by atoms with Crippen LogP contribution < -0.4 is 5.73 Å². The van der Waals surface area contributed by atoms with E-state index in [1.807, 2.05) is 35.2 Å². The Hall–Kier alpha value is -1.00. The molecule has 2 unspecified atom stereocenters. The van der Waals surface area contributed by atoms with Gasteiger partial charge in [-0.3, -0.25) is 4.79 Å². The van der Waals surface area contributed by atoms with Crippen molar-refractivity contribution in [1.29, 1.82) is 0 Å². The molecule has 2 atom stereocenters. The van der Waals surface area contributed by atoms with Crippen molar-refractivity contribution in [1.82, 2.24) is 4.90 Å². The highest BCUT2D eigenvalue weighted by Crippen LogP contribution is 2.24. The third-order valence-corrected chi connectivity index (χ3v) is 4.67. The number of nitrogens with two attached hydrogens (primary N) is 1. The largest absolute Gasteiger partial charge is 0.338 e. The van der Waals surface area contributed by atoms with Gasteiger partial charge in [0.2, 0.25) is 5.91 Å². The van der Waals surface area contributed by atoms with Crippen LogP contribution in [0.4, 0.5) is 0 Å². The molecule has 1 aromatic carbocycles. The highest BCUT2D eigenvalue weighted by atomic mass is 32.2. The lowest BCUT2D eigenvalue weighted by Gasteiger charge is -2.38. The smallest absolute Gasteiger partial charge is 0.233 e. The highest BCUT2D eigenvalue weighted by Gasteiger charge is 2.28. The molecule has 104 valence electrons. The first kappa shape index (κ1) is 14.4. The summed E-state index contributed by atoms with van der Waals surface area (Å²) in [5.41, 5.74) is 5.80. The van der Waals surface area contributed by atoms with Crippen LogP contribution in [0.25, 0.3) is 0 Å². The van der Waals surface area contributed by atoms with Crippen molar-refractivity contribution in [3.63, 3.8) is 0 Å². The van der Waals surface area contributed by atoms with Crippen molar-refractivity contribution in [2.24, 2.45) is 11.7 Å². The molecule has 2 N–H and O–H groups in total. The molecule has 1 heterocycles. The van der Waals surface area contributed by atoms with Gasteiger partial charge in [-0.05, 0) is 30.9 Å². The van der Waals surface area contributed by atoms with E-state index in [0.29, 0.717) is 18.2 Å². The first-order valence-corrected chi connectivity index (χ1v) is 7.86. The molecule has 0 aliphatic carbocycles. The lowest BCUT2D eigenvalue weighted by Crippen LogP contribution is -2.49. The van der Waals surface area contributed by atoms with Gasteiger partial charge >= 0.3 is 0 Å². The van der Waals surface area contributed by atoms with E-state index in [2.05, 4.69) is 6.92 Å². The summed E-state index contributed by atoms with van der Waals surface area (Å²) in [7, 11) is 0. The quantitative estimate of drug-likeness (QED) is 0.860. The van der Waals surface area contributed by atoms with Crippen molar-refractivity contribution in [3.8, 4) is 0 Å². The van der Waals surface area contributed by atoms with Gasteiger partial charge in [-0.25, -0.2) is 0 Å². The van der Waals surface area contributed by atoms with E-state index in [9.17, 15) is 4.79 Å². The minimum atomic E-state index is 0.219. The number of carbonyl (C=O) groups excluding carboxylic acids is 1. The summed E-state index contributed by atoms with van der Waals surface area (Å²) in [4.78, 5) is 15.4. The van der Waals surface area contributed by atoms with Crippen LogP contribution in [0, 0.1) is 5.92 Å². The Morgan fingerprint density at radius 1 is 1.42 bits per heavy atom. The lowest BCUT2D eigenvalue weighted by atomic mass is 9.92. The molecule has 4 heteroatoms. The molecular weight excluding hydrogens is 256 g/mol. The summed E-state index contributed by atoms with van der Waals surface area (Å²) in [6, 6.07) is 10.3. The number of nitrogens with zero attached hydrogens (tertiary/aromatic N) is 1. The maximum atomic E-state index is 12.3. The van der Waals surface area contributed by atoms with Gasteiger partial charge in [0.05, 0.1) is 5.75 Å². The zero-order valence-electron chi connectivity index (χ0n) is 11.4. The summed E-state index contributed by atoms with van der Waals surface area (Å²) < 4.78 is 0. The molecule has 0 aromatic heterocycles. The standard InChI is InChI=1S/C15H22N2OS/c1-12-7-8-17(13(9-12)10-16)15(18)11-19-14-5-3-2-4-6-14/h2-6,12-13H,7-11,16H2,1H3. The van der Waals surface area contributed by atoms with Crippen LogP contribution in [0.3, 0.4) is 0 Å². The van der Waals surface area contributed by atoms with Crippen LogP contribution in [-0.4, -0.2) is 35.7 Å². The third kappa shape index (κ3) is 3.98. The minimum Gasteiger partial charge on any atom is -0.338 e. The van der Waals surface area contributed by atoms with E-state index in [1.54, 1.807) is 11.8 Å². The number of piperidine rings is 1. The Kier molecular flexibility index (Phi) is 5.28. The molecule has 0 saturated carbocycles. The van der Waals surface area contributed by atoms with Crippen LogP contribution in [0.15, 0.2) is 35.2 Å². The molecule has 1 aliphatic rings. The van der Waals surface area contributed by atoms with Crippen LogP contribution in [0.1, 0.15) is 19.8 Å². The fourth-order valence-corrected chi connectivity index (χ4v) is 3.35. The van der Waals surface area contributed by atoms with Gasteiger partial charge in [-0.2, -0.15) is 0 Å². The van der Waals surface area contributed by atoms with Gasteiger partial charge < -0.3 is 10.6 Å². The Balaban J connectivity index is 1.88. The molecule has 0 bridgehead atoms. The Morgan fingerprint density at radius 2 is 2.16 bits per heavy atom. The molecular formula is C15H22N2OS. The van der Waals surface area contributed by atoms with Crippen LogP contribution in [-0.2, 0) is 4.79 Å². The van der Waals surface area contributed by atoms with E-state index in [-0.39, 0.29) is 11.9 Å². The lowest BCUT2D eigenvalue weighted by molar-refractivity contribution is -0.132. The maximum Gasteiger partial charge on any atom is 0.233 e. The average molecular weight is 278 g/mol. The number of hydrogen-bond donors (Lipinski definition) is 1. The summed E-state index contributed by atoms with van der Waals surface area (Å²) in [5.74, 6) is 1.41. The number of carbonyl (C=O) groups is 1. The molecule has 0 spiro atoms. The van der Waals surface area contributed by atoms with Gasteiger partial charge in [-0.15, -0.1) is 11.8 Å². The Morgan fingerprint density at radius 3 is 2.84 bits per heavy atom. The number of amides is 1. The van der Waals surface area contributed by atoms with Gasteiger partial charge in [0, 0.05) is 24.0 Å². The molecule has 2 rings (SSSR count). The second-order valence-corrected chi connectivity index (χ2v) is 6.26. The van der Waals surface area contributed by atoms with Crippen LogP contribution >= 0.6 is 11.8 Å². The zero-order valence-corrected chi connectivity index (χ0v) is 12.2. The average Bonchev–Trinajstić information content (AvgIpc) is 2.45. The molecule has 3 nitrogen and oxygen atoms in total. The van der Waals surface area contributed by atoms with Gasteiger partial charge in [0.1, 0.15) is 0 Å². The van der Waals surface area contributed by atoms with Gasteiger partial charge in [-0.1, -0.05) is 25.1 Å². The van der Waals surface area contributed by atoms with Crippen molar-refractivity contribution < 1.29 is 4.79 Å². The minimum absolute atomic E-state index is 0.219. The number of hydrogen-bond acceptors (Lipinski definition) is 3. The molecule has 1 amide bonds.